The van der Waals surface area contributed by atoms with Crippen LogP contribution in [0.2, 0.25) is 0 Å². The summed E-state index contributed by atoms with van der Waals surface area (Å²) in [6.45, 7) is 5.83. The minimum atomic E-state index is 0.893. The van der Waals surface area contributed by atoms with E-state index in [1.54, 1.807) is 0 Å². The number of hydrogen-bond donors (Lipinski definition) is 1. The Balaban J connectivity index is 1.83. The molecular formula is C9H19N. The van der Waals surface area contributed by atoms with Crippen molar-refractivity contribution in [3.8, 4) is 0 Å². The van der Waals surface area contributed by atoms with Crippen LogP contribution in [0.4, 0.5) is 0 Å². The monoisotopic (exact) mass is 141 g/mol. The van der Waals surface area contributed by atoms with E-state index < -0.39 is 0 Å². The van der Waals surface area contributed by atoms with Gasteiger partial charge in [0, 0.05) is 6.04 Å². The van der Waals surface area contributed by atoms with Gasteiger partial charge in [0.15, 0.2) is 0 Å². The first-order chi connectivity index (χ1) is 4.83. The summed E-state index contributed by atoms with van der Waals surface area (Å²) in [5.41, 5.74) is 0. The molecule has 60 valence electrons. The Labute approximate surface area is 64.2 Å². The molecule has 10 heavy (non-hydrogen) atoms. The van der Waals surface area contributed by atoms with Crippen LogP contribution in [0.15, 0.2) is 0 Å². The third-order valence-corrected chi connectivity index (χ3v) is 2.34. The molecule has 0 aromatic carbocycles. The molecule has 0 aromatic rings. The van der Waals surface area contributed by atoms with Gasteiger partial charge in [-0.05, 0) is 31.7 Å². The molecule has 0 amide bonds. The van der Waals surface area contributed by atoms with Crippen LogP contribution in [-0.2, 0) is 0 Å². The van der Waals surface area contributed by atoms with Crippen LogP contribution in [0.1, 0.15) is 39.5 Å². The standard InChI is InChI=1S/C9H19N/c1-3-8(2)6-7-10-9-4-5-9/h8-10H,3-7H2,1-2H3. The molecule has 1 aliphatic rings. The lowest BCUT2D eigenvalue weighted by atomic mass is 10.1. The summed E-state index contributed by atoms with van der Waals surface area (Å²) in [6.07, 6.45) is 5.51. The second kappa shape index (κ2) is 3.97. The van der Waals surface area contributed by atoms with Gasteiger partial charge in [0.2, 0.25) is 0 Å². The zero-order valence-electron chi connectivity index (χ0n) is 7.19. The van der Waals surface area contributed by atoms with Gasteiger partial charge in [0.25, 0.3) is 0 Å². The van der Waals surface area contributed by atoms with Gasteiger partial charge in [0.05, 0.1) is 0 Å². The molecule has 0 bridgehead atoms. The van der Waals surface area contributed by atoms with Crippen LogP contribution in [0.3, 0.4) is 0 Å². The second-order valence-electron chi connectivity index (χ2n) is 3.53. The second-order valence-corrected chi connectivity index (χ2v) is 3.53. The predicted octanol–water partition coefficient (Wildman–Crippen LogP) is 2.17. The fraction of sp³-hybridized carbons (Fsp3) is 1.00. The molecule has 0 radical (unpaired) electrons. The summed E-state index contributed by atoms with van der Waals surface area (Å²) in [5, 5.41) is 3.52. The maximum atomic E-state index is 3.52. The van der Waals surface area contributed by atoms with Gasteiger partial charge in [-0.25, -0.2) is 0 Å². The maximum Gasteiger partial charge on any atom is 0.00682 e. The lowest BCUT2D eigenvalue weighted by molar-refractivity contribution is 0.487. The first kappa shape index (κ1) is 8.06. The molecule has 1 unspecified atom stereocenters. The smallest absolute Gasteiger partial charge is 0.00682 e. The van der Waals surface area contributed by atoms with E-state index in [4.69, 9.17) is 0 Å². The third kappa shape index (κ3) is 3.21. The summed E-state index contributed by atoms with van der Waals surface area (Å²) in [5.74, 6) is 0.909. The molecule has 1 aliphatic carbocycles. The fourth-order valence-electron chi connectivity index (χ4n) is 1.03. The highest BCUT2D eigenvalue weighted by atomic mass is 14.9. The average molecular weight is 141 g/mol. The van der Waals surface area contributed by atoms with E-state index >= 15 is 0 Å². The third-order valence-electron chi connectivity index (χ3n) is 2.34. The molecule has 1 saturated carbocycles. The van der Waals surface area contributed by atoms with E-state index in [0.717, 1.165) is 12.0 Å². The summed E-state index contributed by atoms with van der Waals surface area (Å²) in [6, 6.07) is 0.893. The van der Waals surface area contributed by atoms with Crippen LogP contribution in [0.5, 0.6) is 0 Å². The normalized spacial score (nSPS) is 21.0. The molecule has 1 nitrogen and oxygen atoms in total. The van der Waals surface area contributed by atoms with Gasteiger partial charge in [-0.2, -0.15) is 0 Å². The molecule has 0 spiro atoms. The van der Waals surface area contributed by atoms with Crippen molar-refractivity contribution in [3.05, 3.63) is 0 Å². The summed E-state index contributed by atoms with van der Waals surface area (Å²) in [4.78, 5) is 0. The van der Waals surface area contributed by atoms with Crippen LogP contribution in [-0.4, -0.2) is 12.6 Å². The molecule has 1 fully saturated rings. The molecule has 0 aliphatic heterocycles. The van der Waals surface area contributed by atoms with E-state index in [2.05, 4.69) is 19.2 Å². The van der Waals surface area contributed by atoms with Crippen LogP contribution in [0, 0.1) is 5.92 Å². The molecule has 0 heterocycles. The van der Waals surface area contributed by atoms with Gasteiger partial charge in [-0.3, -0.25) is 0 Å². The van der Waals surface area contributed by atoms with Crippen molar-refractivity contribution in [2.45, 2.75) is 45.6 Å². The van der Waals surface area contributed by atoms with Gasteiger partial charge in [-0.1, -0.05) is 20.3 Å². The predicted molar refractivity (Wildman–Crippen MR) is 45.1 cm³/mol. The van der Waals surface area contributed by atoms with Crippen LogP contribution >= 0.6 is 0 Å². The van der Waals surface area contributed by atoms with Gasteiger partial charge in [0.1, 0.15) is 0 Å². The molecule has 1 atom stereocenters. The highest BCUT2D eigenvalue weighted by Crippen LogP contribution is 2.18. The minimum Gasteiger partial charge on any atom is -0.314 e. The van der Waals surface area contributed by atoms with E-state index in [-0.39, 0.29) is 0 Å². The Hall–Kier alpha value is -0.0400. The summed E-state index contributed by atoms with van der Waals surface area (Å²) < 4.78 is 0. The number of rotatable bonds is 5. The largest absolute Gasteiger partial charge is 0.314 e. The van der Waals surface area contributed by atoms with Crippen molar-refractivity contribution in [1.29, 1.82) is 0 Å². The molecule has 1 heteroatoms. The molecule has 0 saturated heterocycles. The number of hydrogen-bond acceptors (Lipinski definition) is 1. The molecule has 0 aromatic heterocycles. The Morgan fingerprint density at radius 1 is 1.50 bits per heavy atom. The van der Waals surface area contributed by atoms with Gasteiger partial charge in [-0.15, -0.1) is 0 Å². The van der Waals surface area contributed by atoms with Crippen molar-refractivity contribution >= 4 is 0 Å². The topological polar surface area (TPSA) is 12.0 Å². The zero-order chi connectivity index (χ0) is 7.40. The van der Waals surface area contributed by atoms with Crippen molar-refractivity contribution in [1.82, 2.24) is 5.32 Å². The van der Waals surface area contributed by atoms with Crippen LogP contribution in [0.25, 0.3) is 0 Å². The summed E-state index contributed by atoms with van der Waals surface area (Å²) >= 11 is 0. The minimum absolute atomic E-state index is 0.893. The molecule has 1 N–H and O–H groups in total. The lowest BCUT2D eigenvalue weighted by Crippen LogP contribution is -2.19. The van der Waals surface area contributed by atoms with Crippen molar-refractivity contribution in [2.75, 3.05) is 6.54 Å². The van der Waals surface area contributed by atoms with Crippen molar-refractivity contribution < 1.29 is 0 Å². The van der Waals surface area contributed by atoms with E-state index in [1.165, 1.54) is 32.2 Å². The Bertz CT molecular complexity index is 86.7. The van der Waals surface area contributed by atoms with Gasteiger partial charge < -0.3 is 5.32 Å². The Morgan fingerprint density at radius 2 is 2.20 bits per heavy atom. The maximum absolute atomic E-state index is 3.52. The average Bonchev–Trinajstić information content (AvgIpc) is 2.71. The quantitative estimate of drug-likeness (QED) is 0.618. The Morgan fingerprint density at radius 3 is 2.70 bits per heavy atom. The van der Waals surface area contributed by atoms with E-state index in [9.17, 15) is 0 Å². The van der Waals surface area contributed by atoms with Crippen molar-refractivity contribution in [2.24, 2.45) is 5.92 Å². The number of nitrogens with one attached hydrogen (secondary N) is 1. The highest BCUT2D eigenvalue weighted by Gasteiger charge is 2.19. The Kier molecular flexibility index (Phi) is 3.20. The van der Waals surface area contributed by atoms with Crippen molar-refractivity contribution in [3.63, 3.8) is 0 Å². The summed E-state index contributed by atoms with van der Waals surface area (Å²) in [7, 11) is 0. The van der Waals surface area contributed by atoms with E-state index in [0.29, 0.717) is 0 Å². The first-order valence-corrected chi connectivity index (χ1v) is 4.56. The van der Waals surface area contributed by atoms with E-state index in [1.807, 2.05) is 0 Å². The highest BCUT2D eigenvalue weighted by molar-refractivity contribution is 4.80. The fourth-order valence-corrected chi connectivity index (χ4v) is 1.03. The van der Waals surface area contributed by atoms with Crippen LogP contribution < -0.4 is 5.32 Å². The molecular weight excluding hydrogens is 122 g/mol. The SMILES string of the molecule is CCC(C)CCNC1CC1. The van der Waals surface area contributed by atoms with Gasteiger partial charge >= 0.3 is 0 Å². The lowest BCUT2D eigenvalue weighted by Gasteiger charge is -2.07. The zero-order valence-corrected chi connectivity index (χ0v) is 7.19. The molecule has 1 rings (SSSR count). The first-order valence-electron chi connectivity index (χ1n) is 4.56.